The summed E-state index contributed by atoms with van der Waals surface area (Å²) in [6.07, 6.45) is 2.73. The number of rotatable bonds is 5. The first kappa shape index (κ1) is 14.5. The Kier molecular flexibility index (Phi) is 4.39. The number of thiophene rings is 1. The predicted molar refractivity (Wildman–Crippen MR) is 85.9 cm³/mol. The second-order valence-corrected chi connectivity index (χ2v) is 6.02. The summed E-state index contributed by atoms with van der Waals surface area (Å²) >= 11 is 1.76. The second kappa shape index (κ2) is 6.05. The van der Waals surface area contributed by atoms with Gasteiger partial charge in [-0.15, -0.1) is 11.3 Å². The molecule has 2 aromatic rings. The van der Waals surface area contributed by atoms with Crippen LogP contribution in [0, 0.1) is 12.3 Å². The highest BCUT2D eigenvalue weighted by atomic mass is 32.1. The number of amidine groups is 1. The largest absolute Gasteiger partial charge is 0.384 e. The molecule has 0 fully saturated rings. The van der Waals surface area contributed by atoms with Crippen LogP contribution in [0.3, 0.4) is 0 Å². The Morgan fingerprint density at radius 1 is 1.50 bits per heavy atom. The van der Waals surface area contributed by atoms with Crippen LogP contribution in [0.2, 0.25) is 0 Å². The summed E-state index contributed by atoms with van der Waals surface area (Å²) in [6, 6.07) is 6.39. The van der Waals surface area contributed by atoms with E-state index in [0.29, 0.717) is 6.04 Å². The van der Waals surface area contributed by atoms with E-state index >= 15 is 0 Å². The maximum absolute atomic E-state index is 7.76. The van der Waals surface area contributed by atoms with E-state index in [-0.39, 0.29) is 5.84 Å². The van der Waals surface area contributed by atoms with Gasteiger partial charge in [0.2, 0.25) is 0 Å². The van der Waals surface area contributed by atoms with Crippen molar-refractivity contribution in [2.75, 3.05) is 11.9 Å². The van der Waals surface area contributed by atoms with Crippen molar-refractivity contribution in [1.29, 1.82) is 5.41 Å². The van der Waals surface area contributed by atoms with Crippen LogP contribution in [0.15, 0.2) is 29.8 Å². The number of nitrogens with two attached hydrogens (primary N) is 1. The van der Waals surface area contributed by atoms with E-state index in [0.717, 1.165) is 23.4 Å². The lowest BCUT2D eigenvalue weighted by atomic mass is 10.1. The number of hydrogen-bond acceptors (Lipinski definition) is 4. The molecule has 2 aromatic heterocycles. The van der Waals surface area contributed by atoms with Crippen molar-refractivity contribution in [1.82, 2.24) is 4.98 Å². The summed E-state index contributed by atoms with van der Waals surface area (Å²) in [5, 5.41) is 9.85. The van der Waals surface area contributed by atoms with Gasteiger partial charge < -0.3 is 10.6 Å². The normalized spacial score (nSPS) is 12.2. The summed E-state index contributed by atoms with van der Waals surface area (Å²) in [4.78, 5) is 7.87. The van der Waals surface area contributed by atoms with Gasteiger partial charge in [0.25, 0.3) is 0 Å². The first-order valence-corrected chi connectivity index (χ1v) is 7.44. The van der Waals surface area contributed by atoms with Gasteiger partial charge in [0.1, 0.15) is 11.7 Å². The zero-order valence-electron chi connectivity index (χ0n) is 12.1. The Balaban J connectivity index is 2.26. The smallest absolute Gasteiger partial charge is 0.139 e. The monoisotopic (exact) mass is 288 g/mol. The van der Waals surface area contributed by atoms with E-state index in [9.17, 15) is 0 Å². The standard InChI is InChI=1S/C15H20N4S/c1-10-6-7-18-15(13(10)14(16)17)19(3)11(2)9-12-5-4-8-20-12/h4-8,11H,9H2,1-3H3,(H3,16,17). The highest BCUT2D eigenvalue weighted by Crippen LogP contribution is 2.23. The van der Waals surface area contributed by atoms with Gasteiger partial charge in [-0.1, -0.05) is 6.07 Å². The molecule has 0 amide bonds. The van der Waals surface area contributed by atoms with Crippen LogP contribution >= 0.6 is 11.3 Å². The number of likely N-dealkylation sites (N-methyl/N-ethyl adjacent to an activating group) is 1. The average Bonchev–Trinajstić information content (AvgIpc) is 2.89. The van der Waals surface area contributed by atoms with Gasteiger partial charge in [-0.05, 0) is 36.9 Å². The number of nitrogens with zero attached hydrogens (tertiary/aromatic N) is 2. The molecule has 20 heavy (non-hydrogen) atoms. The van der Waals surface area contributed by atoms with Crippen molar-refractivity contribution in [3.8, 4) is 0 Å². The quantitative estimate of drug-likeness (QED) is 0.657. The molecule has 0 aliphatic rings. The predicted octanol–water partition coefficient (Wildman–Crippen LogP) is 2.80. The SMILES string of the molecule is Cc1ccnc(N(C)C(C)Cc2cccs2)c1C(=N)N. The first-order valence-electron chi connectivity index (χ1n) is 6.56. The molecule has 4 nitrogen and oxygen atoms in total. The maximum atomic E-state index is 7.76. The van der Waals surface area contributed by atoms with Gasteiger partial charge in [0, 0.05) is 30.6 Å². The third-order valence-electron chi connectivity index (χ3n) is 3.48. The fourth-order valence-electron chi connectivity index (χ4n) is 2.21. The summed E-state index contributed by atoms with van der Waals surface area (Å²) in [6.45, 7) is 4.12. The van der Waals surface area contributed by atoms with Crippen LogP contribution < -0.4 is 10.6 Å². The van der Waals surface area contributed by atoms with Crippen LogP contribution in [0.25, 0.3) is 0 Å². The Bertz CT molecular complexity index is 592. The number of pyridine rings is 1. The van der Waals surface area contributed by atoms with Crippen molar-refractivity contribution in [2.24, 2.45) is 5.73 Å². The Morgan fingerprint density at radius 3 is 2.85 bits per heavy atom. The van der Waals surface area contributed by atoms with Crippen molar-refractivity contribution in [3.05, 3.63) is 45.8 Å². The molecule has 0 aliphatic heterocycles. The fraction of sp³-hybridized carbons (Fsp3) is 0.333. The Hall–Kier alpha value is -1.88. The van der Waals surface area contributed by atoms with E-state index in [4.69, 9.17) is 11.1 Å². The molecule has 2 heterocycles. The molecule has 0 aromatic carbocycles. The van der Waals surface area contributed by atoms with Crippen molar-refractivity contribution < 1.29 is 0 Å². The lowest BCUT2D eigenvalue weighted by Gasteiger charge is -2.28. The van der Waals surface area contributed by atoms with Gasteiger partial charge in [-0.25, -0.2) is 4.98 Å². The summed E-state index contributed by atoms with van der Waals surface area (Å²) < 4.78 is 0. The van der Waals surface area contributed by atoms with E-state index < -0.39 is 0 Å². The average molecular weight is 288 g/mol. The van der Waals surface area contributed by atoms with Crippen LogP contribution in [0.4, 0.5) is 5.82 Å². The van der Waals surface area contributed by atoms with Crippen molar-refractivity contribution in [3.63, 3.8) is 0 Å². The topological polar surface area (TPSA) is 66.0 Å². The van der Waals surface area contributed by atoms with Gasteiger partial charge in [0.15, 0.2) is 0 Å². The minimum atomic E-state index is 0.0702. The molecule has 3 N–H and O–H groups in total. The molecular formula is C15H20N4S. The van der Waals surface area contributed by atoms with Crippen LogP contribution in [0.1, 0.15) is 22.9 Å². The Morgan fingerprint density at radius 2 is 2.25 bits per heavy atom. The Labute approximate surface area is 123 Å². The van der Waals surface area contributed by atoms with Crippen molar-refractivity contribution >= 4 is 23.0 Å². The molecule has 0 saturated carbocycles. The number of nitrogens with one attached hydrogen (secondary N) is 1. The fourth-order valence-corrected chi connectivity index (χ4v) is 3.04. The molecule has 2 rings (SSSR count). The van der Waals surface area contributed by atoms with Crippen molar-refractivity contribution in [2.45, 2.75) is 26.3 Å². The molecule has 0 bridgehead atoms. The van der Waals surface area contributed by atoms with E-state index in [1.54, 1.807) is 17.5 Å². The highest BCUT2D eigenvalue weighted by Gasteiger charge is 2.18. The molecular weight excluding hydrogens is 268 g/mol. The lowest BCUT2D eigenvalue weighted by molar-refractivity contribution is 0.679. The molecule has 1 atom stereocenters. The maximum Gasteiger partial charge on any atom is 0.139 e. The number of hydrogen-bond donors (Lipinski definition) is 2. The minimum absolute atomic E-state index is 0.0702. The van der Waals surface area contributed by atoms with Crippen LogP contribution in [0.5, 0.6) is 0 Å². The molecule has 5 heteroatoms. The second-order valence-electron chi connectivity index (χ2n) is 4.98. The molecule has 1 unspecified atom stereocenters. The summed E-state index contributed by atoms with van der Waals surface area (Å²) in [7, 11) is 2.01. The number of aryl methyl sites for hydroxylation is 1. The third-order valence-corrected chi connectivity index (χ3v) is 4.38. The minimum Gasteiger partial charge on any atom is -0.384 e. The highest BCUT2D eigenvalue weighted by molar-refractivity contribution is 7.09. The summed E-state index contributed by atoms with van der Waals surface area (Å²) in [5.74, 6) is 0.849. The lowest BCUT2D eigenvalue weighted by Crippen LogP contribution is -2.33. The molecule has 106 valence electrons. The third kappa shape index (κ3) is 2.99. The van der Waals surface area contributed by atoms with Gasteiger partial charge >= 0.3 is 0 Å². The van der Waals surface area contributed by atoms with E-state index in [2.05, 4.69) is 34.3 Å². The van der Waals surface area contributed by atoms with Crippen LogP contribution in [-0.2, 0) is 6.42 Å². The van der Waals surface area contributed by atoms with Gasteiger partial charge in [-0.3, -0.25) is 5.41 Å². The molecule has 0 spiro atoms. The molecule has 0 saturated heterocycles. The molecule has 0 radical (unpaired) electrons. The zero-order valence-corrected chi connectivity index (χ0v) is 12.9. The van der Waals surface area contributed by atoms with E-state index in [1.165, 1.54) is 4.88 Å². The van der Waals surface area contributed by atoms with E-state index in [1.807, 2.05) is 20.0 Å². The van der Waals surface area contributed by atoms with Gasteiger partial charge in [-0.2, -0.15) is 0 Å². The van der Waals surface area contributed by atoms with Gasteiger partial charge in [0.05, 0.1) is 5.56 Å². The van der Waals surface area contributed by atoms with Crippen LogP contribution in [-0.4, -0.2) is 23.9 Å². The number of aromatic nitrogens is 1. The number of nitrogen functional groups attached to an aromatic ring is 1. The first-order chi connectivity index (χ1) is 9.50. The molecule has 0 aliphatic carbocycles. The number of anilines is 1. The zero-order chi connectivity index (χ0) is 14.7. The summed E-state index contributed by atoms with van der Waals surface area (Å²) in [5.41, 5.74) is 7.42.